The van der Waals surface area contributed by atoms with E-state index < -0.39 is 10.8 Å². The van der Waals surface area contributed by atoms with Crippen molar-refractivity contribution in [2.75, 3.05) is 21.3 Å². The Hall–Kier alpha value is -1.24. The van der Waals surface area contributed by atoms with Crippen molar-refractivity contribution in [3.05, 3.63) is 17.7 Å². The first-order valence-corrected chi connectivity index (χ1v) is 6.24. The highest BCUT2D eigenvalue weighted by Crippen LogP contribution is 2.46. The van der Waals surface area contributed by atoms with Gasteiger partial charge in [0.1, 0.15) is 0 Å². The molecule has 0 aliphatic carbocycles. The van der Waals surface area contributed by atoms with Gasteiger partial charge in [0.2, 0.25) is 5.75 Å². The molecule has 0 aromatic heterocycles. The molecule has 7 heteroatoms. The van der Waals surface area contributed by atoms with Crippen LogP contribution in [0.15, 0.2) is 12.1 Å². The maximum absolute atomic E-state index is 12.4. The van der Waals surface area contributed by atoms with Crippen molar-refractivity contribution >= 4 is 11.8 Å². The van der Waals surface area contributed by atoms with Crippen LogP contribution < -0.4 is 14.2 Å². The molecule has 108 valence electrons. The van der Waals surface area contributed by atoms with Crippen LogP contribution in [-0.4, -0.2) is 26.8 Å². The average Bonchev–Trinajstić information content (AvgIpc) is 2.34. The van der Waals surface area contributed by atoms with Gasteiger partial charge in [0, 0.05) is 5.25 Å². The summed E-state index contributed by atoms with van der Waals surface area (Å²) in [6.45, 7) is 1.47. The van der Waals surface area contributed by atoms with Gasteiger partial charge in [0.05, 0.1) is 21.3 Å². The summed E-state index contributed by atoms with van der Waals surface area (Å²) in [4.78, 5) is 0. The number of hydrogen-bond acceptors (Lipinski definition) is 4. The number of methoxy groups -OCH3 is 3. The van der Waals surface area contributed by atoms with Crippen molar-refractivity contribution in [3.63, 3.8) is 0 Å². The molecule has 0 amide bonds. The lowest BCUT2D eigenvalue weighted by Crippen LogP contribution is -2.05. The van der Waals surface area contributed by atoms with E-state index in [0.29, 0.717) is 22.8 Å². The van der Waals surface area contributed by atoms with Crippen LogP contribution in [0.1, 0.15) is 17.7 Å². The molecule has 1 aromatic carbocycles. The average molecular weight is 296 g/mol. The number of alkyl halides is 3. The lowest BCUT2D eigenvalue weighted by Gasteiger charge is -2.18. The Kier molecular flexibility index (Phi) is 5.22. The van der Waals surface area contributed by atoms with Gasteiger partial charge in [-0.2, -0.15) is 13.2 Å². The second-order valence-corrected chi connectivity index (χ2v) is 5.07. The predicted octanol–water partition coefficient (Wildman–Crippen LogP) is 4.03. The third-order valence-electron chi connectivity index (χ3n) is 2.47. The van der Waals surface area contributed by atoms with Gasteiger partial charge in [0.25, 0.3) is 0 Å². The molecule has 0 spiro atoms. The minimum Gasteiger partial charge on any atom is -0.493 e. The number of halogens is 3. The molecule has 1 unspecified atom stereocenters. The fourth-order valence-corrected chi connectivity index (χ4v) is 2.28. The first-order chi connectivity index (χ1) is 8.82. The monoisotopic (exact) mass is 296 g/mol. The van der Waals surface area contributed by atoms with Crippen LogP contribution >= 0.6 is 11.8 Å². The van der Waals surface area contributed by atoms with Gasteiger partial charge < -0.3 is 14.2 Å². The van der Waals surface area contributed by atoms with Crippen LogP contribution in [0, 0.1) is 0 Å². The summed E-state index contributed by atoms with van der Waals surface area (Å²) in [5, 5.41) is -0.770. The number of ether oxygens (including phenoxy) is 3. The molecule has 0 saturated heterocycles. The normalized spacial score (nSPS) is 13.0. The minimum atomic E-state index is -4.29. The van der Waals surface area contributed by atoms with Crippen molar-refractivity contribution in [2.24, 2.45) is 0 Å². The van der Waals surface area contributed by atoms with Gasteiger partial charge in [-0.1, -0.05) is 0 Å². The van der Waals surface area contributed by atoms with E-state index in [1.807, 2.05) is 0 Å². The standard InChI is InChI=1S/C12H15F3O3S/c1-7(19-12(13,14)15)8-5-9(16-2)11(18-4)10(6-8)17-3/h5-7H,1-4H3. The lowest BCUT2D eigenvalue weighted by atomic mass is 10.1. The van der Waals surface area contributed by atoms with E-state index in [9.17, 15) is 13.2 Å². The van der Waals surface area contributed by atoms with Crippen LogP contribution in [0.2, 0.25) is 0 Å². The Morgan fingerprint density at radius 1 is 1.00 bits per heavy atom. The fourth-order valence-electron chi connectivity index (χ4n) is 1.60. The molecular formula is C12H15F3O3S. The van der Waals surface area contributed by atoms with Crippen molar-refractivity contribution in [1.82, 2.24) is 0 Å². The third kappa shape index (κ3) is 4.12. The summed E-state index contributed by atoms with van der Waals surface area (Å²) in [5.41, 5.74) is -3.84. The Bertz CT molecular complexity index is 410. The molecule has 0 N–H and O–H groups in total. The molecule has 0 fully saturated rings. The number of hydrogen-bond donors (Lipinski definition) is 0. The number of thioether (sulfide) groups is 1. The van der Waals surface area contributed by atoms with E-state index in [0.717, 1.165) is 0 Å². The Balaban J connectivity index is 3.15. The third-order valence-corrected chi connectivity index (χ3v) is 3.36. The predicted molar refractivity (Wildman–Crippen MR) is 68.2 cm³/mol. The largest absolute Gasteiger partial charge is 0.493 e. The van der Waals surface area contributed by atoms with Crippen LogP contribution in [-0.2, 0) is 0 Å². The Morgan fingerprint density at radius 2 is 1.47 bits per heavy atom. The zero-order valence-corrected chi connectivity index (χ0v) is 11.8. The van der Waals surface area contributed by atoms with Crippen LogP contribution in [0.25, 0.3) is 0 Å². The maximum atomic E-state index is 12.4. The van der Waals surface area contributed by atoms with E-state index in [2.05, 4.69) is 0 Å². The molecule has 19 heavy (non-hydrogen) atoms. The molecule has 3 nitrogen and oxygen atoms in total. The highest BCUT2D eigenvalue weighted by molar-refractivity contribution is 8.00. The molecule has 0 heterocycles. The summed E-state index contributed by atoms with van der Waals surface area (Å²) >= 11 is -0.0903. The number of rotatable bonds is 5. The first-order valence-electron chi connectivity index (χ1n) is 5.36. The van der Waals surface area contributed by atoms with Gasteiger partial charge in [-0.25, -0.2) is 0 Å². The van der Waals surface area contributed by atoms with Gasteiger partial charge >= 0.3 is 5.51 Å². The minimum absolute atomic E-state index is 0.0903. The second-order valence-electron chi connectivity index (χ2n) is 3.66. The summed E-state index contributed by atoms with van der Waals surface area (Å²) < 4.78 is 52.5. The van der Waals surface area contributed by atoms with Gasteiger partial charge in [-0.3, -0.25) is 0 Å². The topological polar surface area (TPSA) is 27.7 Å². The maximum Gasteiger partial charge on any atom is 0.442 e. The van der Waals surface area contributed by atoms with Crippen LogP contribution in [0.4, 0.5) is 13.2 Å². The molecule has 1 rings (SSSR count). The zero-order chi connectivity index (χ0) is 14.6. The van der Waals surface area contributed by atoms with E-state index in [1.54, 1.807) is 0 Å². The molecule has 0 bridgehead atoms. The van der Waals surface area contributed by atoms with Crippen LogP contribution in [0.5, 0.6) is 17.2 Å². The molecule has 0 aliphatic rings. The van der Waals surface area contributed by atoms with Gasteiger partial charge in [-0.05, 0) is 36.4 Å². The lowest BCUT2D eigenvalue weighted by molar-refractivity contribution is -0.0333. The summed E-state index contributed by atoms with van der Waals surface area (Å²) in [6, 6.07) is 3.04. The highest BCUT2D eigenvalue weighted by atomic mass is 32.2. The Morgan fingerprint density at radius 3 is 1.79 bits per heavy atom. The molecular weight excluding hydrogens is 281 g/mol. The summed E-state index contributed by atoms with van der Waals surface area (Å²) in [5.74, 6) is 1.04. The molecule has 0 aliphatic heterocycles. The van der Waals surface area contributed by atoms with Crippen molar-refractivity contribution in [1.29, 1.82) is 0 Å². The smallest absolute Gasteiger partial charge is 0.442 e. The Labute approximate surface area is 114 Å². The number of benzene rings is 1. The van der Waals surface area contributed by atoms with Gasteiger partial charge in [0.15, 0.2) is 11.5 Å². The quantitative estimate of drug-likeness (QED) is 0.820. The van der Waals surface area contributed by atoms with E-state index in [4.69, 9.17) is 14.2 Å². The van der Waals surface area contributed by atoms with Crippen molar-refractivity contribution < 1.29 is 27.4 Å². The molecule has 0 radical (unpaired) electrons. The first kappa shape index (κ1) is 15.8. The van der Waals surface area contributed by atoms with E-state index >= 15 is 0 Å². The van der Waals surface area contributed by atoms with E-state index in [1.165, 1.54) is 40.4 Å². The van der Waals surface area contributed by atoms with Gasteiger partial charge in [-0.15, -0.1) is 0 Å². The molecule has 1 aromatic rings. The fraction of sp³-hybridized carbons (Fsp3) is 0.500. The summed E-state index contributed by atoms with van der Waals surface area (Å²) in [6.07, 6.45) is 0. The zero-order valence-electron chi connectivity index (χ0n) is 11.0. The SMILES string of the molecule is COc1cc(C(C)SC(F)(F)F)cc(OC)c1OC. The van der Waals surface area contributed by atoms with Crippen LogP contribution in [0.3, 0.4) is 0 Å². The highest BCUT2D eigenvalue weighted by Gasteiger charge is 2.32. The van der Waals surface area contributed by atoms with Crippen molar-refractivity contribution in [2.45, 2.75) is 17.7 Å². The second kappa shape index (κ2) is 6.27. The summed E-state index contributed by atoms with van der Waals surface area (Å²) in [7, 11) is 4.28. The molecule has 0 saturated carbocycles. The van der Waals surface area contributed by atoms with Crippen molar-refractivity contribution in [3.8, 4) is 17.2 Å². The van der Waals surface area contributed by atoms with E-state index in [-0.39, 0.29) is 11.8 Å². The molecule has 1 atom stereocenters.